The van der Waals surface area contributed by atoms with Crippen molar-refractivity contribution < 1.29 is 4.79 Å². The summed E-state index contributed by atoms with van der Waals surface area (Å²) in [6.07, 6.45) is 10.2. The summed E-state index contributed by atoms with van der Waals surface area (Å²) in [6.45, 7) is 5.80. The molecule has 0 radical (unpaired) electrons. The van der Waals surface area contributed by atoms with Gasteiger partial charge in [-0.05, 0) is 37.8 Å². The zero-order chi connectivity index (χ0) is 15.8. The van der Waals surface area contributed by atoms with Crippen LogP contribution in [0.2, 0.25) is 0 Å². The average Bonchev–Trinajstić information content (AvgIpc) is 2.56. The lowest BCUT2D eigenvalue weighted by Crippen LogP contribution is -2.33. The van der Waals surface area contributed by atoms with Gasteiger partial charge in [0.15, 0.2) is 0 Å². The molecule has 1 fully saturated rings. The molecule has 1 amide bonds. The van der Waals surface area contributed by atoms with Gasteiger partial charge in [0, 0.05) is 19.1 Å². The summed E-state index contributed by atoms with van der Waals surface area (Å²) in [4.78, 5) is 18.7. The SMILES string of the molecule is CCCN(CCC)C(=O)c1ccc(NC2CCCCC2)cn1. The molecule has 1 heterocycles. The highest BCUT2D eigenvalue weighted by Crippen LogP contribution is 2.21. The number of carbonyl (C=O) groups excluding carboxylic acids is 1. The molecule has 1 saturated carbocycles. The lowest BCUT2D eigenvalue weighted by atomic mass is 9.95. The van der Waals surface area contributed by atoms with Crippen molar-refractivity contribution in [1.29, 1.82) is 0 Å². The topological polar surface area (TPSA) is 45.2 Å². The Kier molecular flexibility index (Phi) is 6.69. The Morgan fingerprint density at radius 3 is 2.41 bits per heavy atom. The maximum atomic E-state index is 12.5. The van der Waals surface area contributed by atoms with Crippen LogP contribution in [0.1, 0.15) is 69.3 Å². The molecule has 0 aromatic carbocycles. The molecule has 0 aliphatic heterocycles. The molecule has 4 heteroatoms. The van der Waals surface area contributed by atoms with Gasteiger partial charge in [0.1, 0.15) is 5.69 Å². The molecule has 0 bridgehead atoms. The van der Waals surface area contributed by atoms with Crippen LogP contribution in [0.4, 0.5) is 5.69 Å². The largest absolute Gasteiger partial charge is 0.381 e. The number of amides is 1. The maximum Gasteiger partial charge on any atom is 0.272 e. The summed E-state index contributed by atoms with van der Waals surface area (Å²) in [5.41, 5.74) is 1.58. The van der Waals surface area contributed by atoms with Gasteiger partial charge in [-0.25, -0.2) is 4.98 Å². The highest BCUT2D eigenvalue weighted by atomic mass is 16.2. The van der Waals surface area contributed by atoms with Gasteiger partial charge < -0.3 is 10.2 Å². The Labute approximate surface area is 134 Å². The van der Waals surface area contributed by atoms with Crippen molar-refractivity contribution in [2.45, 2.75) is 64.8 Å². The first-order chi connectivity index (χ1) is 10.7. The second-order valence-corrected chi connectivity index (χ2v) is 6.20. The van der Waals surface area contributed by atoms with E-state index in [4.69, 9.17) is 0 Å². The minimum absolute atomic E-state index is 0.0490. The van der Waals surface area contributed by atoms with E-state index in [1.54, 1.807) is 6.20 Å². The molecule has 0 unspecified atom stereocenters. The Morgan fingerprint density at radius 1 is 1.18 bits per heavy atom. The van der Waals surface area contributed by atoms with E-state index in [1.165, 1.54) is 32.1 Å². The number of rotatable bonds is 7. The molecule has 1 N–H and O–H groups in total. The zero-order valence-electron chi connectivity index (χ0n) is 14.0. The van der Waals surface area contributed by atoms with E-state index in [9.17, 15) is 4.79 Å². The normalized spacial score (nSPS) is 15.5. The maximum absolute atomic E-state index is 12.5. The molecule has 1 aromatic heterocycles. The average molecular weight is 303 g/mol. The minimum atomic E-state index is 0.0490. The molecule has 122 valence electrons. The highest BCUT2D eigenvalue weighted by molar-refractivity contribution is 5.92. The smallest absolute Gasteiger partial charge is 0.272 e. The number of hydrogen-bond acceptors (Lipinski definition) is 3. The lowest BCUT2D eigenvalue weighted by Gasteiger charge is -2.24. The van der Waals surface area contributed by atoms with Crippen LogP contribution in [0.5, 0.6) is 0 Å². The van der Waals surface area contributed by atoms with Gasteiger partial charge in [0.2, 0.25) is 0 Å². The van der Waals surface area contributed by atoms with Crippen molar-refractivity contribution in [3.8, 4) is 0 Å². The summed E-state index contributed by atoms with van der Waals surface area (Å²) < 4.78 is 0. The fourth-order valence-electron chi connectivity index (χ4n) is 3.11. The number of pyridine rings is 1. The number of nitrogens with zero attached hydrogens (tertiary/aromatic N) is 2. The van der Waals surface area contributed by atoms with Crippen molar-refractivity contribution in [3.63, 3.8) is 0 Å². The van der Waals surface area contributed by atoms with E-state index in [0.29, 0.717) is 11.7 Å². The Hall–Kier alpha value is -1.58. The molecule has 4 nitrogen and oxygen atoms in total. The second kappa shape index (κ2) is 8.76. The highest BCUT2D eigenvalue weighted by Gasteiger charge is 2.16. The number of carbonyl (C=O) groups is 1. The Bertz CT molecular complexity index is 446. The fraction of sp³-hybridized carbons (Fsp3) is 0.667. The quantitative estimate of drug-likeness (QED) is 0.825. The molecule has 0 saturated heterocycles. The van der Waals surface area contributed by atoms with E-state index in [0.717, 1.165) is 31.6 Å². The van der Waals surface area contributed by atoms with Crippen LogP contribution in [0.15, 0.2) is 18.3 Å². The minimum Gasteiger partial charge on any atom is -0.381 e. The van der Waals surface area contributed by atoms with Gasteiger partial charge in [-0.1, -0.05) is 33.1 Å². The van der Waals surface area contributed by atoms with Gasteiger partial charge in [0.05, 0.1) is 11.9 Å². The number of anilines is 1. The molecular formula is C18H29N3O. The van der Waals surface area contributed by atoms with Gasteiger partial charge in [-0.3, -0.25) is 4.79 Å². The van der Waals surface area contributed by atoms with Crippen LogP contribution in [0.3, 0.4) is 0 Å². The number of hydrogen-bond donors (Lipinski definition) is 1. The summed E-state index contributed by atoms with van der Waals surface area (Å²) in [5.74, 6) is 0.0490. The molecule has 22 heavy (non-hydrogen) atoms. The van der Waals surface area contributed by atoms with Crippen molar-refractivity contribution in [1.82, 2.24) is 9.88 Å². The first kappa shape index (κ1) is 16.8. The van der Waals surface area contributed by atoms with E-state index in [2.05, 4.69) is 24.1 Å². The molecule has 0 atom stereocenters. The summed E-state index contributed by atoms with van der Waals surface area (Å²) in [5, 5.41) is 3.54. The monoisotopic (exact) mass is 303 g/mol. The number of aromatic nitrogens is 1. The predicted molar refractivity (Wildman–Crippen MR) is 91.2 cm³/mol. The van der Waals surface area contributed by atoms with Crippen LogP contribution >= 0.6 is 0 Å². The summed E-state index contributed by atoms with van der Waals surface area (Å²) >= 11 is 0. The van der Waals surface area contributed by atoms with Crippen molar-refractivity contribution in [3.05, 3.63) is 24.0 Å². The summed E-state index contributed by atoms with van der Waals surface area (Å²) in [6, 6.07) is 4.41. The lowest BCUT2D eigenvalue weighted by molar-refractivity contribution is 0.0749. The first-order valence-corrected chi connectivity index (χ1v) is 8.76. The fourth-order valence-corrected chi connectivity index (χ4v) is 3.11. The molecule has 0 spiro atoms. The molecule has 1 aromatic rings. The standard InChI is InChI=1S/C18H29N3O/c1-3-12-21(13-4-2)18(22)17-11-10-16(14-19-17)20-15-8-6-5-7-9-15/h10-11,14-15,20H,3-9,12-13H2,1-2H3. The van der Waals surface area contributed by atoms with Gasteiger partial charge in [0.25, 0.3) is 5.91 Å². The predicted octanol–water partition coefficient (Wildman–Crippen LogP) is 4.09. The third kappa shape index (κ3) is 4.72. The van der Waals surface area contributed by atoms with E-state index >= 15 is 0 Å². The molecular weight excluding hydrogens is 274 g/mol. The molecule has 1 aliphatic carbocycles. The third-order valence-electron chi connectivity index (χ3n) is 4.23. The van der Waals surface area contributed by atoms with E-state index < -0.39 is 0 Å². The number of nitrogens with one attached hydrogen (secondary N) is 1. The van der Waals surface area contributed by atoms with Gasteiger partial charge in [-0.2, -0.15) is 0 Å². The van der Waals surface area contributed by atoms with Crippen LogP contribution in [0.25, 0.3) is 0 Å². The van der Waals surface area contributed by atoms with Gasteiger partial charge in [-0.15, -0.1) is 0 Å². The summed E-state index contributed by atoms with van der Waals surface area (Å²) in [7, 11) is 0. The van der Waals surface area contributed by atoms with E-state index in [-0.39, 0.29) is 5.91 Å². The van der Waals surface area contributed by atoms with Crippen LogP contribution in [-0.4, -0.2) is 34.9 Å². The second-order valence-electron chi connectivity index (χ2n) is 6.20. The van der Waals surface area contributed by atoms with Crippen molar-refractivity contribution in [2.24, 2.45) is 0 Å². The first-order valence-electron chi connectivity index (χ1n) is 8.76. The van der Waals surface area contributed by atoms with Crippen molar-refractivity contribution in [2.75, 3.05) is 18.4 Å². The zero-order valence-corrected chi connectivity index (χ0v) is 14.0. The molecule has 2 rings (SSSR count). The van der Waals surface area contributed by atoms with Gasteiger partial charge >= 0.3 is 0 Å². The van der Waals surface area contributed by atoms with Crippen LogP contribution in [0, 0.1) is 0 Å². The molecule has 1 aliphatic rings. The third-order valence-corrected chi connectivity index (χ3v) is 4.23. The van der Waals surface area contributed by atoms with Crippen LogP contribution in [-0.2, 0) is 0 Å². The Balaban J connectivity index is 1.96. The Morgan fingerprint density at radius 2 is 1.86 bits per heavy atom. The van der Waals surface area contributed by atoms with Crippen molar-refractivity contribution >= 4 is 11.6 Å². The van der Waals surface area contributed by atoms with Crippen LogP contribution < -0.4 is 5.32 Å². The van der Waals surface area contributed by atoms with E-state index in [1.807, 2.05) is 17.0 Å².